The first-order chi connectivity index (χ1) is 10.2. The predicted octanol–water partition coefficient (Wildman–Crippen LogP) is 2.80. The largest absolute Gasteiger partial charge is 0.497 e. The Morgan fingerprint density at radius 3 is 2.43 bits per heavy atom. The van der Waals surface area contributed by atoms with Gasteiger partial charge in [-0.15, -0.1) is 0 Å². The molecular weight excluding hydrogens is 264 g/mol. The first kappa shape index (κ1) is 16.1. The maximum atomic E-state index is 6.02. The van der Waals surface area contributed by atoms with Gasteiger partial charge in [-0.25, -0.2) is 0 Å². The van der Waals surface area contributed by atoms with Gasteiger partial charge >= 0.3 is 0 Å². The normalized spacial score (nSPS) is 22.3. The standard InChI is InChI=1S/C17H28N2O2/c1-4-19(15-8-6-14(18)7-9-15)12-13-5-10-16(20-2)11-17(13)21-3/h5,10-11,14-15H,4,6-9,12,18H2,1-3H3. The summed E-state index contributed by atoms with van der Waals surface area (Å²) in [5.74, 6) is 1.74. The highest BCUT2D eigenvalue weighted by atomic mass is 16.5. The van der Waals surface area contributed by atoms with Gasteiger partial charge in [0.25, 0.3) is 0 Å². The van der Waals surface area contributed by atoms with Crippen LogP contribution in [0.3, 0.4) is 0 Å². The summed E-state index contributed by atoms with van der Waals surface area (Å²) < 4.78 is 10.8. The molecule has 0 bridgehead atoms. The van der Waals surface area contributed by atoms with Gasteiger partial charge in [0.1, 0.15) is 11.5 Å². The van der Waals surface area contributed by atoms with Gasteiger partial charge in [-0.2, -0.15) is 0 Å². The minimum atomic E-state index is 0.399. The first-order valence-electron chi connectivity index (χ1n) is 7.88. The molecule has 118 valence electrons. The number of hydrogen-bond donors (Lipinski definition) is 1. The number of methoxy groups -OCH3 is 2. The predicted molar refractivity (Wildman–Crippen MR) is 85.9 cm³/mol. The van der Waals surface area contributed by atoms with E-state index >= 15 is 0 Å². The Kier molecular flexibility index (Phi) is 5.88. The third kappa shape index (κ3) is 4.11. The topological polar surface area (TPSA) is 47.7 Å². The van der Waals surface area contributed by atoms with E-state index in [2.05, 4.69) is 17.9 Å². The molecule has 4 heteroatoms. The summed E-state index contributed by atoms with van der Waals surface area (Å²) in [5, 5.41) is 0. The number of hydrogen-bond acceptors (Lipinski definition) is 4. The molecule has 0 saturated heterocycles. The molecule has 1 saturated carbocycles. The second-order valence-corrected chi connectivity index (χ2v) is 5.81. The Morgan fingerprint density at radius 1 is 1.14 bits per heavy atom. The van der Waals surface area contributed by atoms with Crippen molar-refractivity contribution in [2.24, 2.45) is 5.73 Å². The maximum Gasteiger partial charge on any atom is 0.127 e. The number of benzene rings is 1. The molecular formula is C17H28N2O2. The lowest BCUT2D eigenvalue weighted by atomic mass is 9.90. The third-order valence-electron chi connectivity index (χ3n) is 4.53. The van der Waals surface area contributed by atoms with Gasteiger partial charge in [-0.05, 0) is 38.3 Å². The molecule has 1 aliphatic carbocycles. The molecule has 1 aromatic carbocycles. The van der Waals surface area contributed by atoms with E-state index in [1.807, 2.05) is 12.1 Å². The van der Waals surface area contributed by atoms with Crippen LogP contribution < -0.4 is 15.2 Å². The molecule has 1 aliphatic rings. The van der Waals surface area contributed by atoms with Crippen LogP contribution in [0.25, 0.3) is 0 Å². The average Bonchev–Trinajstić information content (AvgIpc) is 2.53. The van der Waals surface area contributed by atoms with E-state index in [4.69, 9.17) is 15.2 Å². The molecule has 0 amide bonds. The summed E-state index contributed by atoms with van der Waals surface area (Å²) in [6, 6.07) is 7.11. The van der Waals surface area contributed by atoms with Crippen molar-refractivity contribution in [2.45, 2.75) is 51.2 Å². The van der Waals surface area contributed by atoms with E-state index in [-0.39, 0.29) is 0 Å². The lowest BCUT2D eigenvalue weighted by Gasteiger charge is -2.35. The molecule has 1 aromatic rings. The summed E-state index contributed by atoms with van der Waals surface area (Å²) in [6.07, 6.45) is 4.68. The van der Waals surface area contributed by atoms with E-state index in [1.54, 1.807) is 14.2 Å². The van der Waals surface area contributed by atoms with Crippen LogP contribution in [0.5, 0.6) is 11.5 Å². The van der Waals surface area contributed by atoms with Crippen LogP contribution in [0.1, 0.15) is 38.2 Å². The lowest BCUT2D eigenvalue weighted by molar-refractivity contribution is 0.148. The number of rotatable bonds is 6. The zero-order chi connectivity index (χ0) is 15.2. The fraction of sp³-hybridized carbons (Fsp3) is 0.647. The van der Waals surface area contributed by atoms with Crippen molar-refractivity contribution >= 4 is 0 Å². The van der Waals surface area contributed by atoms with Crippen molar-refractivity contribution < 1.29 is 9.47 Å². The van der Waals surface area contributed by atoms with Gasteiger partial charge in [0, 0.05) is 30.3 Å². The number of nitrogens with zero attached hydrogens (tertiary/aromatic N) is 1. The van der Waals surface area contributed by atoms with Crippen molar-refractivity contribution in [3.8, 4) is 11.5 Å². The minimum absolute atomic E-state index is 0.399. The molecule has 4 nitrogen and oxygen atoms in total. The summed E-state index contributed by atoms with van der Waals surface area (Å²) in [4.78, 5) is 2.54. The number of ether oxygens (including phenoxy) is 2. The molecule has 0 atom stereocenters. The summed E-state index contributed by atoms with van der Waals surface area (Å²) in [6.45, 7) is 4.20. The zero-order valence-corrected chi connectivity index (χ0v) is 13.5. The van der Waals surface area contributed by atoms with Gasteiger partial charge in [-0.3, -0.25) is 4.90 Å². The second kappa shape index (κ2) is 7.66. The molecule has 0 heterocycles. The number of nitrogens with two attached hydrogens (primary N) is 1. The van der Waals surface area contributed by atoms with Crippen LogP contribution in [0.15, 0.2) is 18.2 Å². The molecule has 1 fully saturated rings. The van der Waals surface area contributed by atoms with E-state index in [0.29, 0.717) is 12.1 Å². The van der Waals surface area contributed by atoms with E-state index in [9.17, 15) is 0 Å². The van der Waals surface area contributed by atoms with Crippen LogP contribution in [0.4, 0.5) is 0 Å². The molecule has 0 unspecified atom stereocenters. The van der Waals surface area contributed by atoms with E-state index < -0.39 is 0 Å². The van der Waals surface area contributed by atoms with Gasteiger partial charge in [0.15, 0.2) is 0 Å². The zero-order valence-electron chi connectivity index (χ0n) is 13.5. The molecule has 2 N–H and O–H groups in total. The molecule has 0 spiro atoms. The fourth-order valence-electron chi connectivity index (χ4n) is 3.17. The highest BCUT2D eigenvalue weighted by Crippen LogP contribution is 2.28. The molecule has 0 radical (unpaired) electrons. The summed E-state index contributed by atoms with van der Waals surface area (Å²) in [5.41, 5.74) is 7.23. The van der Waals surface area contributed by atoms with Crippen molar-refractivity contribution in [1.82, 2.24) is 4.90 Å². The minimum Gasteiger partial charge on any atom is -0.497 e. The highest BCUT2D eigenvalue weighted by Gasteiger charge is 2.24. The highest BCUT2D eigenvalue weighted by molar-refractivity contribution is 5.40. The maximum absolute atomic E-state index is 6.02. The Hall–Kier alpha value is -1.26. The van der Waals surface area contributed by atoms with Gasteiger partial charge in [0.05, 0.1) is 14.2 Å². The quantitative estimate of drug-likeness (QED) is 0.876. The van der Waals surface area contributed by atoms with Gasteiger partial charge < -0.3 is 15.2 Å². The Labute approximate surface area is 128 Å². The van der Waals surface area contributed by atoms with Crippen LogP contribution in [-0.2, 0) is 6.54 Å². The Morgan fingerprint density at radius 2 is 1.86 bits per heavy atom. The molecule has 0 aromatic heterocycles. The van der Waals surface area contributed by atoms with Crippen molar-refractivity contribution in [3.05, 3.63) is 23.8 Å². The Bertz CT molecular complexity index is 442. The van der Waals surface area contributed by atoms with Crippen LogP contribution in [0.2, 0.25) is 0 Å². The lowest BCUT2D eigenvalue weighted by Crippen LogP contribution is -2.40. The van der Waals surface area contributed by atoms with Gasteiger partial charge in [0.2, 0.25) is 0 Å². The molecule has 21 heavy (non-hydrogen) atoms. The van der Waals surface area contributed by atoms with Crippen LogP contribution in [0, 0.1) is 0 Å². The summed E-state index contributed by atoms with van der Waals surface area (Å²) in [7, 11) is 3.40. The fourth-order valence-corrected chi connectivity index (χ4v) is 3.17. The van der Waals surface area contributed by atoms with Crippen molar-refractivity contribution in [2.75, 3.05) is 20.8 Å². The van der Waals surface area contributed by atoms with Crippen molar-refractivity contribution in [1.29, 1.82) is 0 Å². The summed E-state index contributed by atoms with van der Waals surface area (Å²) >= 11 is 0. The van der Waals surface area contributed by atoms with Crippen molar-refractivity contribution in [3.63, 3.8) is 0 Å². The Balaban J connectivity index is 2.07. The SMILES string of the molecule is CCN(Cc1ccc(OC)cc1OC)C1CCC(N)CC1. The van der Waals surface area contributed by atoms with E-state index in [0.717, 1.165) is 37.4 Å². The second-order valence-electron chi connectivity index (χ2n) is 5.81. The smallest absolute Gasteiger partial charge is 0.127 e. The average molecular weight is 292 g/mol. The molecule has 2 rings (SSSR count). The van der Waals surface area contributed by atoms with E-state index in [1.165, 1.54) is 18.4 Å². The third-order valence-corrected chi connectivity index (χ3v) is 4.53. The monoisotopic (exact) mass is 292 g/mol. The first-order valence-corrected chi connectivity index (χ1v) is 7.88. The van der Waals surface area contributed by atoms with Gasteiger partial charge in [-0.1, -0.05) is 13.0 Å². The van der Waals surface area contributed by atoms with Crippen LogP contribution >= 0.6 is 0 Å². The van der Waals surface area contributed by atoms with Crippen LogP contribution in [-0.4, -0.2) is 37.7 Å². The molecule has 0 aliphatic heterocycles.